The molecule has 0 aromatic carbocycles. The maximum atomic E-state index is 11.1. The molecule has 1 aromatic rings. The van der Waals surface area contributed by atoms with Gasteiger partial charge in [0, 0.05) is 12.2 Å². The number of nitriles is 1. The molecule has 1 saturated heterocycles. The van der Waals surface area contributed by atoms with Crippen LogP contribution in [0.5, 0.6) is 0 Å². The summed E-state index contributed by atoms with van der Waals surface area (Å²) in [4.78, 5) is 17.2. The summed E-state index contributed by atoms with van der Waals surface area (Å²) in [7, 11) is 0. The van der Waals surface area contributed by atoms with Crippen LogP contribution in [0.1, 0.15) is 24.1 Å². The second-order valence-electron chi connectivity index (χ2n) is 4.16. The number of carboxylic acid groups (broad SMARTS) is 1. The molecule has 1 aromatic heterocycles. The predicted molar refractivity (Wildman–Crippen MR) is 61.7 cm³/mol. The van der Waals surface area contributed by atoms with E-state index in [2.05, 4.69) is 11.1 Å². The molecule has 0 amide bonds. The fraction of sp³-hybridized carbons (Fsp3) is 0.417. The quantitative estimate of drug-likeness (QED) is 0.830. The van der Waals surface area contributed by atoms with E-state index in [1.165, 1.54) is 0 Å². The number of pyridine rings is 1. The molecule has 88 valence electrons. The normalized spacial score (nSPS) is 19.1. The number of aryl methyl sites for hydroxylation is 1. The lowest BCUT2D eigenvalue weighted by atomic mass is 10.2. The minimum absolute atomic E-state index is 0.517. The minimum atomic E-state index is -0.829. The second kappa shape index (κ2) is 4.42. The van der Waals surface area contributed by atoms with Gasteiger partial charge in [-0.25, -0.2) is 9.78 Å². The van der Waals surface area contributed by atoms with Gasteiger partial charge in [0.05, 0.1) is 11.6 Å². The number of carboxylic acids is 1. The van der Waals surface area contributed by atoms with Crippen molar-refractivity contribution < 1.29 is 9.90 Å². The van der Waals surface area contributed by atoms with Gasteiger partial charge in [-0.05, 0) is 31.9 Å². The van der Waals surface area contributed by atoms with Crippen LogP contribution in [0, 0.1) is 18.3 Å². The Bertz CT molecular complexity index is 493. The van der Waals surface area contributed by atoms with E-state index in [1.54, 1.807) is 24.0 Å². The summed E-state index contributed by atoms with van der Waals surface area (Å²) in [6, 6.07) is 4.88. The van der Waals surface area contributed by atoms with Crippen molar-refractivity contribution in [2.24, 2.45) is 0 Å². The Balaban J connectivity index is 2.37. The lowest BCUT2D eigenvalue weighted by Gasteiger charge is -2.22. The Kier molecular flexibility index (Phi) is 2.96. The van der Waals surface area contributed by atoms with E-state index in [1.807, 2.05) is 0 Å². The molecule has 1 fully saturated rings. The number of aliphatic carboxylic acids is 1. The van der Waals surface area contributed by atoms with Crippen LogP contribution in [0.4, 0.5) is 5.82 Å². The molecule has 1 aliphatic rings. The summed E-state index contributed by atoms with van der Waals surface area (Å²) in [5.74, 6) is -0.240. The van der Waals surface area contributed by atoms with Gasteiger partial charge in [-0.2, -0.15) is 5.26 Å². The molecule has 1 N–H and O–H groups in total. The SMILES string of the molecule is Cc1cc(C#N)cc(N2CCCC2C(=O)O)n1. The first-order chi connectivity index (χ1) is 8.11. The molecule has 5 heteroatoms. The second-order valence-corrected chi connectivity index (χ2v) is 4.16. The first-order valence-corrected chi connectivity index (χ1v) is 5.50. The Morgan fingerprint density at radius 1 is 1.65 bits per heavy atom. The fourth-order valence-electron chi connectivity index (χ4n) is 2.16. The Morgan fingerprint density at radius 2 is 2.41 bits per heavy atom. The largest absolute Gasteiger partial charge is 0.480 e. The molecule has 0 radical (unpaired) electrons. The van der Waals surface area contributed by atoms with Gasteiger partial charge in [0.1, 0.15) is 11.9 Å². The molecule has 2 rings (SSSR count). The third-order valence-electron chi connectivity index (χ3n) is 2.90. The summed E-state index contributed by atoms with van der Waals surface area (Å²) in [5.41, 5.74) is 1.25. The van der Waals surface area contributed by atoms with Crippen LogP contribution in [0.2, 0.25) is 0 Å². The van der Waals surface area contributed by atoms with Gasteiger partial charge in [0.2, 0.25) is 0 Å². The van der Waals surface area contributed by atoms with Crippen molar-refractivity contribution in [3.05, 3.63) is 23.4 Å². The molecule has 1 aliphatic heterocycles. The Labute approximate surface area is 99.3 Å². The zero-order valence-electron chi connectivity index (χ0n) is 9.55. The fourth-order valence-corrected chi connectivity index (χ4v) is 2.16. The van der Waals surface area contributed by atoms with Crippen LogP contribution >= 0.6 is 0 Å². The highest BCUT2D eigenvalue weighted by Crippen LogP contribution is 2.25. The van der Waals surface area contributed by atoms with Crippen LogP contribution in [0.15, 0.2) is 12.1 Å². The zero-order chi connectivity index (χ0) is 12.4. The van der Waals surface area contributed by atoms with Crippen LogP contribution in [0.3, 0.4) is 0 Å². The van der Waals surface area contributed by atoms with E-state index >= 15 is 0 Å². The standard InChI is InChI=1S/C12H13N3O2/c1-8-5-9(7-13)6-11(14-8)15-4-2-3-10(15)12(16)17/h5-6,10H,2-4H2,1H3,(H,16,17). The lowest BCUT2D eigenvalue weighted by Crippen LogP contribution is -2.36. The first-order valence-electron chi connectivity index (χ1n) is 5.50. The average molecular weight is 231 g/mol. The lowest BCUT2D eigenvalue weighted by molar-refractivity contribution is -0.138. The van der Waals surface area contributed by atoms with Crippen LogP contribution < -0.4 is 4.90 Å². The molecule has 0 saturated carbocycles. The summed E-state index contributed by atoms with van der Waals surface area (Å²) in [6.45, 7) is 2.48. The van der Waals surface area contributed by atoms with Gasteiger partial charge >= 0.3 is 5.97 Å². The molecule has 0 spiro atoms. The molecule has 5 nitrogen and oxygen atoms in total. The number of nitrogens with zero attached hydrogens (tertiary/aromatic N) is 3. The van der Waals surface area contributed by atoms with Crippen molar-refractivity contribution in [2.75, 3.05) is 11.4 Å². The number of hydrogen-bond donors (Lipinski definition) is 1. The molecular formula is C12H13N3O2. The van der Waals surface area contributed by atoms with Gasteiger partial charge in [-0.1, -0.05) is 0 Å². The summed E-state index contributed by atoms with van der Waals surface area (Å²) < 4.78 is 0. The van der Waals surface area contributed by atoms with Crippen LogP contribution in [-0.2, 0) is 4.79 Å². The van der Waals surface area contributed by atoms with E-state index in [9.17, 15) is 4.79 Å². The maximum absolute atomic E-state index is 11.1. The van der Waals surface area contributed by atoms with E-state index in [4.69, 9.17) is 10.4 Å². The highest BCUT2D eigenvalue weighted by molar-refractivity contribution is 5.78. The topological polar surface area (TPSA) is 77.2 Å². The number of hydrogen-bond acceptors (Lipinski definition) is 4. The van der Waals surface area contributed by atoms with E-state index in [0.29, 0.717) is 24.3 Å². The van der Waals surface area contributed by atoms with Crippen molar-refractivity contribution in [3.63, 3.8) is 0 Å². The number of anilines is 1. The van der Waals surface area contributed by atoms with Gasteiger partial charge in [0.25, 0.3) is 0 Å². The summed E-state index contributed by atoms with van der Waals surface area (Å²) >= 11 is 0. The third kappa shape index (κ3) is 2.21. The van der Waals surface area contributed by atoms with Crippen molar-refractivity contribution in [3.8, 4) is 6.07 Å². The number of aromatic nitrogens is 1. The summed E-state index contributed by atoms with van der Waals surface area (Å²) in [6.07, 6.45) is 1.47. The number of rotatable bonds is 2. The molecule has 0 aliphatic carbocycles. The third-order valence-corrected chi connectivity index (χ3v) is 2.90. The highest BCUT2D eigenvalue weighted by atomic mass is 16.4. The van der Waals surface area contributed by atoms with Gasteiger partial charge in [-0.3, -0.25) is 0 Å². The van der Waals surface area contributed by atoms with Crippen molar-refractivity contribution in [2.45, 2.75) is 25.8 Å². The number of carbonyl (C=O) groups is 1. The molecule has 1 unspecified atom stereocenters. The van der Waals surface area contributed by atoms with Crippen molar-refractivity contribution >= 4 is 11.8 Å². The van der Waals surface area contributed by atoms with Crippen LogP contribution in [0.25, 0.3) is 0 Å². The Hall–Kier alpha value is -2.09. The Morgan fingerprint density at radius 3 is 3.06 bits per heavy atom. The highest BCUT2D eigenvalue weighted by Gasteiger charge is 2.31. The molecule has 17 heavy (non-hydrogen) atoms. The summed E-state index contributed by atoms with van der Waals surface area (Å²) in [5, 5.41) is 18.0. The van der Waals surface area contributed by atoms with Gasteiger partial charge in [-0.15, -0.1) is 0 Å². The minimum Gasteiger partial charge on any atom is -0.480 e. The monoisotopic (exact) mass is 231 g/mol. The van der Waals surface area contributed by atoms with E-state index < -0.39 is 12.0 Å². The van der Waals surface area contributed by atoms with Crippen LogP contribution in [-0.4, -0.2) is 28.6 Å². The van der Waals surface area contributed by atoms with E-state index in [0.717, 1.165) is 12.1 Å². The zero-order valence-corrected chi connectivity index (χ0v) is 9.55. The smallest absolute Gasteiger partial charge is 0.326 e. The molecule has 0 bridgehead atoms. The molecule has 1 atom stereocenters. The van der Waals surface area contributed by atoms with Crippen molar-refractivity contribution in [1.82, 2.24) is 4.98 Å². The maximum Gasteiger partial charge on any atom is 0.326 e. The molecule has 2 heterocycles. The van der Waals surface area contributed by atoms with Crippen molar-refractivity contribution in [1.29, 1.82) is 5.26 Å². The van der Waals surface area contributed by atoms with Gasteiger partial charge < -0.3 is 10.0 Å². The van der Waals surface area contributed by atoms with E-state index in [-0.39, 0.29) is 0 Å². The molecular weight excluding hydrogens is 218 g/mol. The predicted octanol–water partition coefficient (Wildman–Crippen LogP) is 1.32. The average Bonchev–Trinajstić information content (AvgIpc) is 2.77. The van der Waals surface area contributed by atoms with Gasteiger partial charge in [0.15, 0.2) is 0 Å². The first kappa shape index (κ1) is 11.4.